The Kier molecular flexibility index (Phi) is 5.68. The van der Waals surface area contributed by atoms with Crippen LogP contribution in [-0.2, 0) is 6.42 Å². The van der Waals surface area contributed by atoms with Gasteiger partial charge in [-0.15, -0.1) is 11.3 Å². The van der Waals surface area contributed by atoms with E-state index in [-0.39, 0.29) is 0 Å². The summed E-state index contributed by atoms with van der Waals surface area (Å²) >= 11 is 1.87. The molecule has 6 aromatic carbocycles. The Hall–Kier alpha value is -4.40. The van der Waals surface area contributed by atoms with Crippen LogP contribution in [0.4, 0.5) is 17.1 Å². The Balaban J connectivity index is 1.51. The van der Waals surface area contributed by atoms with E-state index in [0.29, 0.717) is 0 Å². The van der Waals surface area contributed by atoms with Gasteiger partial charge >= 0.3 is 0 Å². The van der Waals surface area contributed by atoms with E-state index in [1.807, 2.05) is 11.3 Å². The van der Waals surface area contributed by atoms with Gasteiger partial charge in [0.1, 0.15) is 0 Å². The number of fused-ring (bicyclic) bond motifs is 4. The number of rotatable bonds is 5. The second-order valence-electron chi connectivity index (χ2n) is 9.68. The molecule has 0 saturated heterocycles. The van der Waals surface area contributed by atoms with Crippen molar-refractivity contribution in [2.24, 2.45) is 0 Å². The summed E-state index contributed by atoms with van der Waals surface area (Å²) in [5, 5.41) is 5.15. The van der Waals surface area contributed by atoms with E-state index in [4.69, 9.17) is 0 Å². The Bertz CT molecular complexity index is 1890. The Labute approximate surface area is 227 Å². The number of nitrogens with zero attached hydrogens (tertiary/aromatic N) is 1. The van der Waals surface area contributed by atoms with Crippen LogP contribution >= 0.6 is 11.3 Å². The third kappa shape index (κ3) is 3.86. The third-order valence-electron chi connectivity index (χ3n) is 7.43. The molecule has 2 heteroatoms. The first-order valence-electron chi connectivity index (χ1n) is 13.2. The van der Waals surface area contributed by atoms with Crippen LogP contribution in [0, 0.1) is 0 Å². The summed E-state index contributed by atoms with van der Waals surface area (Å²) in [7, 11) is 0. The maximum atomic E-state index is 2.43. The molecule has 7 rings (SSSR count). The quantitative estimate of drug-likeness (QED) is 0.225. The molecule has 0 bridgehead atoms. The smallest absolute Gasteiger partial charge is 0.0546 e. The van der Waals surface area contributed by atoms with Crippen molar-refractivity contribution < 1.29 is 0 Å². The maximum absolute atomic E-state index is 2.43. The number of anilines is 3. The van der Waals surface area contributed by atoms with Crippen LogP contribution in [0.2, 0.25) is 0 Å². The van der Waals surface area contributed by atoms with Crippen molar-refractivity contribution in [2.75, 3.05) is 4.90 Å². The number of hydrogen-bond acceptors (Lipinski definition) is 2. The van der Waals surface area contributed by atoms with Gasteiger partial charge in [-0.25, -0.2) is 0 Å². The molecule has 0 saturated carbocycles. The Morgan fingerprint density at radius 1 is 0.579 bits per heavy atom. The van der Waals surface area contributed by atoms with Crippen LogP contribution < -0.4 is 4.90 Å². The summed E-state index contributed by atoms with van der Waals surface area (Å²) in [6.07, 6.45) is 1.03. The highest BCUT2D eigenvalue weighted by molar-refractivity contribution is 7.25. The van der Waals surface area contributed by atoms with Crippen molar-refractivity contribution in [1.29, 1.82) is 0 Å². The van der Waals surface area contributed by atoms with Gasteiger partial charge < -0.3 is 4.90 Å². The average Bonchev–Trinajstić information content (AvgIpc) is 3.36. The van der Waals surface area contributed by atoms with Gasteiger partial charge in [-0.3, -0.25) is 0 Å². The molecule has 1 aromatic heterocycles. The topological polar surface area (TPSA) is 3.24 Å². The molecule has 0 aliphatic carbocycles. The molecule has 0 aliphatic rings. The van der Waals surface area contributed by atoms with Crippen LogP contribution in [0.15, 0.2) is 133 Å². The minimum absolute atomic E-state index is 1.03. The van der Waals surface area contributed by atoms with Gasteiger partial charge in [-0.2, -0.15) is 0 Å². The largest absolute Gasteiger partial charge is 0.310 e. The second kappa shape index (κ2) is 9.48. The van der Waals surface area contributed by atoms with E-state index in [2.05, 4.69) is 145 Å². The van der Waals surface area contributed by atoms with E-state index in [1.54, 1.807) is 0 Å². The molecular weight excluding hydrogens is 478 g/mol. The van der Waals surface area contributed by atoms with E-state index in [1.165, 1.54) is 59.0 Å². The van der Waals surface area contributed by atoms with Gasteiger partial charge in [0.25, 0.3) is 0 Å². The second-order valence-corrected chi connectivity index (χ2v) is 10.8. The van der Waals surface area contributed by atoms with Gasteiger partial charge in [0.05, 0.1) is 5.69 Å². The first kappa shape index (κ1) is 22.8. The Morgan fingerprint density at radius 2 is 1.29 bits per heavy atom. The van der Waals surface area contributed by atoms with Crippen LogP contribution in [0.25, 0.3) is 42.1 Å². The number of benzene rings is 6. The number of aryl methyl sites for hydroxylation is 1. The summed E-state index contributed by atoms with van der Waals surface area (Å²) in [6, 6.07) is 48.7. The molecule has 1 nitrogen and oxygen atoms in total. The monoisotopic (exact) mass is 505 g/mol. The van der Waals surface area contributed by atoms with Crippen LogP contribution in [0.1, 0.15) is 12.5 Å². The summed E-state index contributed by atoms with van der Waals surface area (Å²) in [5.41, 5.74) is 7.34. The predicted octanol–water partition coefficient (Wildman–Crippen LogP) is 10.9. The third-order valence-corrected chi connectivity index (χ3v) is 8.57. The average molecular weight is 506 g/mol. The van der Waals surface area contributed by atoms with Crippen molar-refractivity contribution >= 4 is 59.3 Å². The zero-order valence-corrected chi connectivity index (χ0v) is 22.1. The molecule has 0 N–H and O–H groups in total. The van der Waals surface area contributed by atoms with Crippen molar-refractivity contribution in [3.05, 3.63) is 139 Å². The highest BCUT2D eigenvalue weighted by Gasteiger charge is 2.19. The zero-order valence-electron chi connectivity index (χ0n) is 21.3. The van der Waals surface area contributed by atoms with Crippen molar-refractivity contribution in [3.8, 4) is 11.1 Å². The minimum atomic E-state index is 1.03. The summed E-state index contributed by atoms with van der Waals surface area (Å²) in [4.78, 5) is 2.43. The highest BCUT2D eigenvalue weighted by Crippen LogP contribution is 2.44. The summed E-state index contributed by atoms with van der Waals surface area (Å²) in [6.45, 7) is 2.21. The van der Waals surface area contributed by atoms with E-state index < -0.39 is 0 Å². The number of thiophene rings is 1. The molecule has 0 unspecified atom stereocenters. The first-order chi connectivity index (χ1) is 18.8. The molecule has 0 radical (unpaired) electrons. The molecule has 0 aliphatic heterocycles. The van der Waals surface area contributed by atoms with Gasteiger partial charge in [-0.05, 0) is 64.9 Å². The van der Waals surface area contributed by atoms with Gasteiger partial charge in [0.2, 0.25) is 0 Å². The predicted molar refractivity (Wildman–Crippen MR) is 166 cm³/mol. The lowest BCUT2D eigenvalue weighted by atomic mass is 9.96. The summed E-state index contributed by atoms with van der Waals surface area (Å²) < 4.78 is 2.64. The van der Waals surface area contributed by atoms with E-state index in [0.717, 1.165) is 12.1 Å². The normalized spacial score (nSPS) is 11.4. The van der Waals surface area contributed by atoms with Crippen molar-refractivity contribution in [2.45, 2.75) is 13.3 Å². The molecule has 0 atom stereocenters. The van der Waals surface area contributed by atoms with Gasteiger partial charge in [0, 0.05) is 36.9 Å². The lowest BCUT2D eigenvalue weighted by Crippen LogP contribution is -2.10. The molecule has 182 valence electrons. The number of hydrogen-bond donors (Lipinski definition) is 0. The fourth-order valence-corrected chi connectivity index (χ4v) is 6.67. The zero-order chi connectivity index (χ0) is 25.5. The molecule has 7 aromatic rings. The van der Waals surface area contributed by atoms with Crippen molar-refractivity contribution in [3.63, 3.8) is 0 Å². The lowest BCUT2D eigenvalue weighted by molar-refractivity contribution is 1.14. The molecule has 0 fully saturated rings. The van der Waals surface area contributed by atoms with Gasteiger partial charge in [-0.1, -0.05) is 104 Å². The van der Waals surface area contributed by atoms with E-state index >= 15 is 0 Å². The first-order valence-corrected chi connectivity index (χ1v) is 14.0. The van der Waals surface area contributed by atoms with Crippen LogP contribution in [0.5, 0.6) is 0 Å². The SMILES string of the molecule is CCc1ccc(N(c2ccc3c(c2)sc2ccccc23)c2cccc3cccc(-c4ccccc4)c23)cc1. The summed E-state index contributed by atoms with van der Waals surface area (Å²) in [5.74, 6) is 0. The highest BCUT2D eigenvalue weighted by atomic mass is 32.1. The maximum Gasteiger partial charge on any atom is 0.0546 e. The van der Waals surface area contributed by atoms with Crippen LogP contribution in [-0.4, -0.2) is 0 Å². The standard InChI is InChI=1S/C36H27NS/c1-2-25-18-20-28(21-19-25)37(29-22-23-32-31-14-6-7-17-34(31)38-35(32)24-29)33-16-9-13-27-12-8-15-30(36(27)33)26-10-4-3-5-11-26/h3-24H,2H2,1H3. The minimum Gasteiger partial charge on any atom is -0.310 e. The fraction of sp³-hybridized carbons (Fsp3) is 0.0556. The molecular formula is C36H27NS. The van der Waals surface area contributed by atoms with E-state index in [9.17, 15) is 0 Å². The lowest BCUT2D eigenvalue weighted by Gasteiger charge is -2.28. The molecule has 0 spiro atoms. The fourth-order valence-electron chi connectivity index (χ4n) is 5.53. The molecule has 1 heterocycles. The molecule has 0 amide bonds. The van der Waals surface area contributed by atoms with Gasteiger partial charge in [0.15, 0.2) is 0 Å². The Morgan fingerprint density at radius 3 is 2.11 bits per heavy atom. The van der Waals surface area contributed by atoms with Crippen molar-refractivity contribution in [1.82, 2.24) is 0 Å². The molecule has 38 heavy (non-hydrogen) atoms. The van der Waals surface area contributed by atoms with Crippen LogP contribution in [0.3, 0.4) is 0 Å².